The molecule has 0 aliphatic carbocycles. The summed E-state index contributed by atoms with van der Waals surface area (Å²) in [6.07, 6.45) is 0.303. The van der Waals surface area contributed by atoms with Crippen molar-refractivity contribution in [3.63, 3.8) is 0 Å². The number of aliphatic hydroxyl groups is 2. The lowest BCUT2D eigenvalue weighted by Crippen LogP contribution is -2.23. The topological polar surface area (TPSA) is 131 Å². The fourth-order valence-corrected chi connectivity index (χ4v) is 1.50. The quantitative estimate of drug-likeness (QED) is 0.355. The summed E-state index contributed by atoms with van der Waals surface area (Å²) in [5.74, 6) is -1.67. The van der Waals surface area contributed by atoms with E-state index in [4.69, 9.17) is 19.6 Å². The Morgan fingerprint density at radius 1 is 1.00 bits per heavy atom. The van der Waals surface area contributed by atoms with Crippen LogP contribution in [-0.4, -0.2) is 29.8 Å². The Morgan fingerprint density at radius 2 is 1.44 bits per heavy atom. The molecule has 0 radical (unpaired) electrons. The second kappa shape index (κ2) is 8.82. The van der Waals surface area contributed by atoms with Gasteiger partial charge < -0.3 is 29.8 Å². The molecule has 0 bridgehead atoms. The molecule has 6 N–H and O–H groups in total. The first-order valence-electron chi connectivity index (χ1n) is 4.83. The van der Waals surface area contributed by atoms with Gasteiger partial charge in [-0.3, -0.25) is 0 Å². The second-order valence-corrected chi connectivity index (χ2v) is 4.79. The lowest BCUT2D eigenvalue weighted by Gasteiger charge is -2.19. The first-order chi connectivity index (χ1) is 8.29. The van der Waals surface area contributed by atoms with E-state index in [-0.39, 0.29) is 0 Å². The van der Waals surface area contributed by atoms with Crippen molar-refractivity contribution in [2.45, 2.75) is 19.1 Å². The van der Waals surface area contributed by atoms with Gasteiger partial charge in [-0.25, -0.2) is 4.31 Å². The van der Waals surface area contributed by atoms with E-state index in [1.54, 1.807) is 31.2 Å². The minimum absolute atomic E-state index is 0.303. The zero-order valence-electron chi connectivity index (χ0n) is 9.58. The van der Waals surface area contributed by atoms with Crippen LogP contribution in [0.1, 0.15) is 18.9 Å². The summed E-state index contributed by atoms with van der Waals surface area (Å²) >= 11 is 0. The molecule has 7 nitrogen and oxygen atoms in total. The summed E-state index contributed by atoms with van der Waals surface area (Å²) in [4.78, 5) is 31.3. The van der Waals surface area contributed by atoms with Crippen LogP contribution in [0.4, 0.5) is 0 Å². The average Bonchev–Trinajstić information content (AvgIpc) is 2.29. The van der Waals surface area contributed by atoms with Crippen LogP contribution in [0.5, 0.6) is 0 Å². The summed E-state index contributed by atoms with van der Waals surface area (Å²) in [6.45, 7) is 1.73. The van der Waals surface area contributed by atoms with E-state index in [0.29, 0.717) is 12.0 Å². The van der Waals surface area contributed by atoms with Crippen LogP contribution in [0.3, 0.4) is 0 Å². The summed E-state index contributed by atoms with van der Waals surface area (Å²) in [7, 11) is -5.22. The largest absolute Gasteiger partial charge is 0.362 e. The standard InChI is InChI=1S/C9H12O2.H4O5P2/c1-2-9(10,11)8-6-4-3-5-7-8;1-6(2)5-7(3)4/h3-7,10-11H,2H2,1H3;1-4H. The molecule has 0 saturated carbocycles. The van der Waals surface area contributed by atoms with Gasteiger partial charge in [0.1, 0.15) is 0 Å². The molecule has 0 fully saturated rings. The molecule has 0 heterocycles. The Kier molecular flexibility index (Phi) is 8.73. The van der Waals surface area contributed by atoms with E-state index in [1.165, 1.54) is 0 Å². The predicted molar refractivity (Wildman–Crippen MR) is 66.6 cm³/mol. The number of hydrogen-bond donors (Lipinski definition) is 6. The van der Waals surface area contributed by atoms with E-state index >= 15 is 0 Å². The molecule has 0 spiro atoms. The van der Waals surface area contributed by atoms with Gasteiger partial charge in [0.15, 0.2) is 5.79 Å². The van der Waals surface area contributed by atoms with Gasteiger partial charge in [-0.15, -0.1) is 0 Å². The highest BCUT2D eigenvalue weighted by atomic mass is 31.2. The SMILES string of the molecule is CCC(O)(O)c1ccccc1.OP(O)OP(O)O. The van der Waals surface area contributed by atoms with Crippen molar-refractivity contribution in [2.24, 2.45) is 0 Å². The van der Waals surface area contributed by atoms with Crippen LogP contribution in [0.2, 0.25) is 0 Å². The summed E-state index contributed by atoms with van der Waals surface area (Å²) in [5, 5.41) is 18.7. The lowest BCUT2D eigenvalue weighted by molar-refractivity contribution is -0.171. The molecule has 1 rings (SSSR count). The maximum absolute atomic E-state index is 9.35. The third-order valence-corrected chi connectivity index (χ3v) is 3.04. The predicted octanol–water partition coefficient (Wildman–Crippen LogP) is 0.660. The van der Waals surface area contributed by atoms with Crippen molar-refractivity contribution in [3.8, 4) is 0 Å². The van der Waals surface area contributed by atoms with Crippen molar-refractivity contribution >= 4 is 17.2 Å². The monoisotopic (exact) mass is 298 g/mol. The van der Waals surface area contributed by atoms with Crippen LogP contribution in [0.15, 0.2) is 30.3 Å². The minimum atomic E-state index is -2.61. The summed E-state index contributed by atoms with van der Waals surface area (Å²) in [6, 6.07) is 8.81. The fourth-order valence-electron chi connectivity index (χ4n) is 0.975. The molecule has 0 aliphatic rings. The zero-order valence-corrected chi connectivity index (χ0v) is 11.4. The molecule has 9 heteroatoms. The minimum Gasteiger partial charge on any atom is -0.362 e. The van der Waals surface area contributed by atoms with E-state index in [2.05, 4.69) is 4.31 Å². The Bertz CT molecular complexity index is 312. The van der Waals surface area contributed by atoms with Gasteiger partial charge in [-0.1, -0.05) is 37.3 Å². The molecule has 0 saturated heterocycles. The van der Waals surface area contributed by atoms with E-state index in [0.717, 1.165) is 0 Å². The van der Waals surface area contributed by atoms with Crippen molar-refractivity contribution in [1.82, 2.24) is 0 Å². The molecule has 1 aromatic carbocycles. The molecule has 18 heavy (non-hydrogen) atoms. The van der Waals surface area contributed by atoms with Crippen LogP contribution >= 0.6 is 17.2 Å². The molecule has 0 amide bonds. The smallest absolute Gasteiger partial charge is 0.334 e. The molecule has 0 unspecified atom stereocenters. The van der Waals surface area contributed by atoms with Crippen LogP contribution < -0.4 is 0 Å². The fraction of sp³-hybridized carbons (Fsp3) is 0.333. The van der Waals surface area contributed by atoms with Crippen molar-refractivity contribution in [3.05, 3.63) is 35.9 Å². The van der Waals surface area contributed by atoms with Crippen LogP contribution in [-0.2, 0) is 10.1 Å². The van der Waals surface area contributed by atoms with Crippen molar-refractivity contribution in [1.29, 1.82) is 0 Å². The third kappa shape index (κ3) is 8.00. The average molecular weight is 298 g/mol. The summed E-state index contributed by atoms with van der Waals surface area (Å²) < 4.78 is 3.60. The van der Waals surface area contributed by atoms with Gasteiger partial charge >= 0.3 is 17.2 Å². The van der Waals surface area contributed by atoms with E-state index < -0.39 is 23.0 Å². The zero-order chi connectivity index (χ0) is 14.2. The number of hydrogen-bond acceptors (Lipinski definition) is 7. The van der Waals surface area contributed by atoms with Gasteiger partial charge in [-0.05, 0) is 0 Å². The maximum atomic E-state index is 9.35. The summed E-state index contributed by atoms with van der Waals surface area (Å²) in [5.41, 5.74) is 0.544. The number of benzene rings is 1. The number of rotatable bonds is 4. The molecule has 1 aromatic rings. The Hall–Kier alpha value is -0.200. The lowest BCUT2D eigenvalue weighted by atomic mass is 10.0. The Morgan fingerprint density at radius 3 is 1.72 bits per heavy atom. The molecule has 0 atom stereocenters. The first-order valence-corrected chi connectivity index (χ1v) is 7.16. The maximum Gasteiger partial charge on any atom is 0.334 e. The van der Waals surface area contributed by atoms with Gasteiger partial charge in [0.25, 0.3) is 0 Å². The normalized spacial score (nSPS) is 11.4. The van der Waals surface area contributed by atoms with Crippen LogP contribution in [0, 0.1) is 0 Å². The Labute approximate surface area is 107 Å². The Balaban J connectivity index is 0.000000360. The molecule has 104 valence electrons. The molecular formula is C9H16O7P2. The van der Waals surface area contributed by atoms with Gasteiger partial charge in [0.05, 0.1) is 0 Å². The van der Waals surface area contributed by atoms with E-state index in [9.17, 15) is 10.2 Å². The van der Waals surface area contributed by atoms with Gasteiger partial charge in [0, 0.05) is 12.0 Å². The van der Waals surface area contributed by atoms with Crippen molar-refractivity contribution in [2.75, 3.05) is 0 Å². The first kappa shape index (κ1) is 17.8. The second-order valence-electron chi connectivity index (χ2n) is 3.12. The van der Waals surface area contributed by atoms with Gasteiger partial charge in [-0.2, -0.15) is 0 Å². The molecule has 0 aromatic heterocycles. The highest BCUT2D eigenvalue weighted by Gasteiger charge is 2.21. The van der Waals surface area contributed by atoms with Crippen molar-refractivity contribution < 1.29 is 34.1 Å². The highest BCUT2D eigenvalue weighted by molar-refractivity contribution is 7.53. The third-order valence-electron chi connectivity index (χ3n) is 1.88. The molecule has 0 aliphatic heterocycles. The van der Waals surface area contributed by atoms with Crippen LogP contribution in [0.25, 0.3) is 0 Å². The van der Waals surface area contributed by atoms with Gasteiger partial charge in [0.2, 0.25) is 0 Å². The van der Waals surface area contributed by atoms with E-state index in [1.807, 2.05) is 6.07 Å². The highest BCUT2D eigenvalue weighted by Crippen LogP contribution is 2.41. The molecular weight excluding hydrogens is 282 g/mol.